The Hall–Kier alpha value is -2.16. The highest BCUT2D eigenvalue weighted by Crippen LogP contribution is 2.25. The molecule has 2 aromatic rings. The Morgan fingerprint density at radius 2 is 1.88 bits per heavy atom. The average molecular weight is 228 g/mol. The third-order valence-corrected chi connectivity index (χ3v) is 2.69. The third kappa shape index (κ3) is 2.69. The van der Waals surface area contributed by atoms with Gasteiger partial charge in [0.05, 0.1) is 5.69 Å². The van der Waals surface area contributed by atoms with Crippen molar-refractivity contribution >= 4 is 11.4 Å². The van der Waals surface area contributed by atoms with Crippen molar-refractivity contribution in [3.8, 4) is 5.75 Å². The van der Waals surface area contributed by atoms with Gasteiger partial charge in [-0.15, -0.1) is 0 Å². The van der Waals surface area contributed by atoms with Crippen molar-refractivity contribution in [1.82, 2.24) is 0 Å². The van der Waals surface area contributed by atoms with Crippen LogP contribution in [0, 0.1) is 0 Å². The molecule has 88 valence electrons. The average Bonchev–Trinajstić information content (AvgIpc) is 2.32. The molecule has 4 N–H and O–H groups in total. The fourth-order valence-corrected chi connectivity index (χ4v) is 1.83. The lowest BCUT2D eigenvalue weighted by Crippen LogP contribution is -1.94. The molecule has 17 heavy (non-hydrogen) atoms. The van der Waals surface area contributed by atoms with Gasteiger partial charge in [0.2, 0.25) is 0 Å². The molecule has 0 saturated heterocycles. The van der Waals surface area contributed by atoms with E-state index < -0.39 is 0 Å². The van der Waals surface area contributed by atoms with Gasteiger partial charge in [-0.2, -0.15) is 0 Å². The molecule has 0 bridgehead atoms. The first-order valence-corrected chi connectivity index (χ1v) is 5.53. The predicted octanol–water partition coefficient (Wildman–Crippen LogP) is 2.61. The summed E-state index contributed by atoms with van der Waals surface area (Å²) < 4.78 is 0. The molecule has 0 aliphatic carbocycles. The number of hydrogen-bond donors (Lipinski definition) is 3. The summed E-state index contributed by atoms with van der Waals surface area (Å²) in [4.78, 5) is 0. The standard InChI is InChI=1S/C14H16N2O/c1-16-13-9-11(5-6-14(13)17)7-10-3-2-4-12(15)8-10/h2-6,8-9,16-17H,7,15H2,1H3. The van der Waals surface area contributed by atoms with Gasteiger partial charge >= 0.3 is 0 Å². The summed E-state index contributed by atoms with van der Waals surface area (Å²) in [6.45, 7) is 0. The van der Waals surface area contributed by atoms with E-state index in [1.807, 2.05) is 36.4 Å². The molecule has 0 aliphatic rings. The van der Waals surface area contributed by atoms with Crippen LogP contribution in [0.25, 0.3) is 0 Å². The first-order valence-electron chi connectivity index (χ1n) is 5.53. The summed E-state index contributed by atoms with van der Waals surface area (Å²) in [7, 11) is 1.79. The van der Waals surface area contributed by atoms with Crippen LogP contribution >= 0.6 is 0 Å². The monoisotopic (exact) mass is 228 g/mol. The number of phenolic OH excluding ortho intramolecular Hbond substituents is 1. The van der Waals surface area contributed by atoms with Gasteiger partial charge in [0.1, 0.15) is 5.75 Å². The van der Waals surface area contributed by atoms with Gasteiger partial charge < -0.3 is 16.2 Å². The molecule has 3 nitrogen and oxygen atoms in total. The maximum absolute atomic E-state index is 9.56. The molecule has 0 amide bonds. The van der Waals surface area contributed by atoms with Crippen LogP contribution in [0.2, 0.25) is 0 Å². The maximum atomic E-state index is 9.56. The zero-order chi connectivity index (χ0) is 12.3. The Kier molecular flexibility index (Phi) is 3.19. The van der Waals surface area contributed by atoms with Crippen LogP contribution in [0.4, 0.5) is 11.4 Å². The molecule has 0 atom stereocenters. The largest absolute Gasteiger partial charge is 0.506 e. The van der Waals surface area contributed by atoms with Crippen LogP contribution < -0.4 is 11.1 Å². The molecule has 0 aliphatic heterocycles. The van der Waals surface area contributed by atoms with Crippen molar-refractivity contribution in [3.63, 3.8) is 0 Å². The molecular weight excluding hydrogens is 212 g/mol. The highest BCUT2D eigenvalue weighted by Gasteiger charge is 2.02. The minimum atomic E-state index is 0.267. The van der Waals surface area contributed by atoms with E-state index in [-0.39, 0.29) is 5.75 Å². The van der Waals surface area contributed by atoms with Gasteiger partial charge in [0.15, 0.2) is 0 Å². The van der Waals surface area contributed by atoms with Crippen LogP contribution in [0.1, 0.15) is 11.1 Å². The Labute approximate surface area is 101 Å². The maximum Gasteiger partial charge on any atom is 0.138 e. The zero-order valence-corrected chi connectivity index (χ0v) is 9.77. The first-order chi connectivity index (χ1) is 8.19. The lowest BCUT2D eigenvalue weighted by atomic mass is 10.0. The number of aromatic hydroxyl groups is 1. The molecule has 2 aromatic carbocycles. The second kappa shape index (κ2) is 4.78. The fraction of sp³-hybridized carbons (Fsp3) is 0.143. The van der Waals surface area contributed by atoms with E-state index in [0.717, 1.165) is 28.9 Å². The summed E-state index contributed by atoms with van der Waals surface area (Å²) in [5.74, 6) is 0.267. The summed E-state index contributed by atoms with van der Waals surface area (Å²) in [5.41, 5.74) is 9.56. The van der Waals surface area contributed by atoms with Crippen molar-refractivity contribution in [2.24, 2.45) is 0 Å². The summed E-state index contributed by atoms with van der Waals surface area (Å²) in [5, 5.41) is 12.5. The van der Waals surface area contributed by atoms with Crippen molar-refractivity contribution in [2.45, 2.75) is 6.42 Å². The highest BCUT2D eigenvalue weighted by atomic mass is 16.3. The topological polar surface area (TPSA) is 58.3 Å². The van der Waals surface area contributed by atoms with Gasteiger partial charge in [0, 0.05) is 12.7 Å². The van der Waals surface area contributed by atoms with Crippen molar-refractivity contribution in [2.75, 3.05) is 18.1 Å². The molecule has 2 rings (SSSR count). The van der Waals surface area contributed by atoms with Gasteiger partial charge in [-0.3, -0.25) is 0 Å². The van der Waals surface area contributed by atoms with Gasteiger partial charge in [0.25, 0.3) is 0 Å². The molecule has 0 unspecified atom stereocenters. The quantitative estimate of drug-likeness (QED) is 0.559. The van der Waals surface area contributed by atoms with Crippen molar-refractivity contribution in [1.29, 1.82) is 0 Å². The number of nitrogens with two attached hydrogens (primary N) is 1. The number of hydrogen-bond acceptors (Lipinski definition) is 3. The molecule has 0 radical (unpaired) electrons. The minimum Gasteiger partial charge on any atom is -0.506 e. The van der Waals surface area contributed by atoms with Crippen LogP contribution in [-0.2, 0) is 6.42 Å². The van der Waals surface area contributed by atoms with Crippen molar-refractivity contribution < 1.29 is 5.11 Å². The van der Waals surface area contributed by atoms with E-state index in [1.165, 1.54) is 0 Å². The number of nitrogens with one attached hydrogen (secondary N) is 1. The predicted molar refractivity (Wildman–Crippen MR) is 71.3 cm³/mol. The van der Waals surface area contributed by atoms with E-state index in [9.17, 15) is 5.11 Å². The summed E-state index contributed by atoms with van der Waals surface area (Å²) in [6, 6.07) is 13.4. The van der Waals surface area contributed by atoms with Crippen molar-refractivity contribution in [3.05, 3.63) is 53.6 Å². The Morgan fingerprint density at radius 3 is 2.59 bits per heavy atom. The SMILES string of the molecule is CNc1cc(Cc2cccc(N)c2)ccc1O. The number of nitrogen functional groups attached to an aromatic ring is 1. The Morgan fingerprint density at radius 1 is 1.12 bits per heavy atom. The summed E-state index contributed by atoms with van der Waals surface area (Å²) in [6.07, 6.45) is 0.806. The van der Waals surface area contributed by atoms with E-state index in [1.54, 1.807) is 13.1 Å². The van der Waals surface area contributed by atoms with E-state index >= 15 is 0 Å². The lowest BCUT2D eigenvalue weighted by molar-refractivity contribution is 0.477. The van der Waals surface area contributed by atoms with Crippen LogP contribution in [0.5, 0.6) is 5.75 Å². The molecule has 0 heterocycles. The normalized spacial score (nSPS) is 10.2. The van der Waals surface area contributed by atoms with Crippen LogP contribution in [0.15, 0.2) is 42.5 Å². The van der Waals surface area contributed by atoms with Crippen LogP contribution in [-0.4, -0.2) is 12.2 Å². The number of anilines is 2. The van der Waals surface area contributed by atoms with E-state index in [4.69, 9.17) is 5.73 Å². The smallest absolute Gasteiger partial charge is 0.138 e. The molecule has 0 fully saturated rings. The second-order valence-electron chi connectivity index (χ2n) is 4.02. The summed E-state index contributed by atoms with van der Waals surface area (Å²) >= 11 is 0. The fourth-order valence-electron chi connectivity index (χ4n) is 1.83. The lowest BCUT2D eigenvalue weighted by Gasteiger charge is -2.07. The highest BCUT2D eigenvalue weighted by molar-refractivity contribution is 5.57. The third-order valence-electron chi connectivity index (χ3n) is 2.69. The minimum absolute atomic E-state index is 0.267. The van der Waals surface area contributed by atoms with Crippen LogP contribution in [0.3, 0.4) is 0 Å². The number of rotatable bonds is 3. The van der Waals surface area contributed by atoms with E-state index in [2.05, 4.69) is 5.32 Å². The Balaban J connectivity index is 2.24. The molecular formula is C14H16N2O. The Bertz CT molecular complexity index is 523. The van der Waals surface area contributed by atoms with Gasteiger partial charge in [-0.1, -0.05) is 18.2 Å². The molecule has 0 spiro atoms. The van der Waals surface area contributed by atoms with Gasteiger partial charge in [-0.25, -0.2) is 0 Å². The molecule has 3 heteroatoms. The molecule has 0 aromatic heterocycles. The second-order valence-corrected chi connectivity index (χ2v) is 4.02. The first kappa shape index (κ1) is 11.3. The number of benzene rings is 2. The van der Waals surface area contributed by atoms with Gasteiger partial charge in [-0.05, 0) is 41.8 Å². The van der Waals surface area contributed by atoms with E-state index in [0.29, 0.717) is 0 Å². The number of phenols is 1. The molecule has 0 saturated carbocycles. The zero-order valence-electron chi connectivity index (χ0n) is 9.77.